The molecule has 26 heavy (non-hydrogen) atoms. The number of nitrogens with two attached hydrogens (primary N) is 1. The van der Waals surface area contributed by atoms with Crippen LogP contribution in [0.2, 0.25) is 0 Å². The minimum atomic E-state index is -0.277. The van der Waals surface area contributed by atoms with Gasteiger partial charge in [-0.15, -0.1) is 0 Å². The molecule has 0 atom stereocenters. The van der Waals surface area contributed by atoms with E-state index in [1.54, 1.807) is 17.0 Å². The lowest BCUT2D eigenvalue weighted by molar-refractivity contribution is 0.212. The highest BCUT2D eigenvalue weighted by molar-refractivity contribution is 5.78. The first-order valence-electron chi connectivity index (χ1n) is 9.07. The number of nitrogens with zero attached hydrogens (tertiary/aromatic N) is 1. The minimum Gasteiger partial charge on any atom is -0.397 e. The van der Waals surface area contributed by atoms with E-state index in [4.69, 9.17) is 5.73 Å². The lowest BCUT2D eigenvalue weighted by Gasteiger charge is -2.18. The zero-order chi connectivity index (χ0) is 19.1. The molecule has 0 aromatic heterocycles. The molecule has 3 N–H and O–H groups in total. The highest BCUT2D eigenvalue weighted by Gasteiger charge is 2.18. The fraction of sp³-hybridized carbons (Fsp3) is 0.381. The lowest BCUT2D eigenvalue weighted by atomic mass is 10.1. The SMILES string of the molecule is CC/C(C)=C/C(N)=C(\C=C(/C)c1ccc(F)cc1)NC(=O)N1CCCC1. The van der Waals surface area contributed by atoms with E-state index in [0.717, 1.165) is 49.1 Å². The van der Waals surface area contributed by atoms with Gasteiger partial charge in [0.2, 0.25) is 0 Å². The van der Waals surface area contributed by atoms with E-state index < -0.39 is 0 Å². The van der Waals surface area contributed by atoms with Gasteiger partial charge in [0.15, 0.2) is 0 Å². The monoisotopic (exact) mass is 357 g/mol. The van der Waals surface area contributed by atoms with Crippen molar-refractivity contribution in [2.75, 3.05) is 13.1 Å². The second kappa shape index (κ2) is 9.22. The maximum absolute atomic E-state index is 13.1. The van der Waals surface area contributed by atoms with Crippen LogP contribution in [0.4, 0.5) is 9.18 Å². The summed E-state index contributed by atoms with van der Waals surface area (Å²) in [6, 6.07) is 6.13. The molecule has 0 radical (unpaired) electrons. The lowest BCUT2D eigenvalue weighted by Crippen LogP contribution is -2.38. The number of likely N-dealkylation sites (tertiary alicyclic amines) is 1. The van der Waals surface area contributed by atoms with Gasteiger partial charge in [0.05, 0.1) is 11.4 Å². The Balaban J connectivity index is 2.32. The number of amides is 2. The zero-order valence-corrected chi connectivity index (χ0v) is 15.8. The van der Waals surface area contributed by atoms with Crippen LogP contribution in [-0.4, -0.2) is 24.0 Å². The average molecular weight is 357 g/mol. The van der Waals surface area contributed by atoms with Crippen molar-refractivity contribution < 1.29 is 9.18 Å². The van der Waals surface area contributed by atoms with Crippen LogP contribution in [-0.2, 0) is 0 Å². The summed E-state index contributed by atoms with van der Waals surface area (Å²) in [5.41, 5.74) is 10.2. The number of hydrogen-bond acceptors (Lipinski definition) is 2. The second-order valence-electron chi connectivity index (χ2n) is 6.67. The third kappa shape index (κ3) is 5.48. The van der Waals surface area contributed by atoms with Crippen LogP contribution in [0.3, 0.4) is 0 Å². The standard InChI is InChI=1S/C21H28FN3O/c1-4-15(2)13-19(23)20(24-21(26)25-11-5-6-12-25)14-16(3)17-7-9-18(22)10-8-17/h7-10,13-14H,4-6,11-12,23H2,1-3H3,(H,24,26)/b15-13+,16-14+,20-19-. The predicted molar refractivity (Wildman–Crippen MR) is 105 cm³/mol. The van der Waals surface area contributed by atoms with Crippen molar-refractivity contribution in [1.82, 2.24) is 10.2 Å². The maximum Gasteiger partial charge on any atom is 0.321 e. The summed E-state index contributed by atoms with van der Waals surface area (Å²) >= 11 is 0. The van der Waals surface area contributed by atoms with E-state index in [0.29, 0.717) is 11.4 Å². The molecule has 1 fully saturated rings. The van der Waals surface area contributed by atoms with Gasteiger partial charge in [-0.1, -0.05) is 24.6 Å². The molecule has 1 aliphatic heterocycles. The second-order valence-corrected chi connectivity index (χ2v) is 6.67. The van der Waals surface area contributed by atoms with Gasteiger partial charge in [0.25, 0.3) is 0 Å². The molecule has 2 amide bonds. The number of hydrogen-bond donors (Lipinski definition) is 2. The number of allylic oxidation sites excluding steroid dienone is 4. The Hall–Kier alpha value is -2.56. The zero-order valence-electron chi connectivity index (χ0n) is 15.8. The van der Waals surface area contributed by atoms with Crippen molar-refractivity contribution in [2.24, 2.45) is 5.73 Å². The molecule has 0 unspecified atom stereocenters. The van der Waals surface area contributed by atoms with Crippen molar-refractivity contribution in [3.05, 3.63) is 64.8 Å². The van der Waals surface area contributed by atoms with Crippen LogP contribution in [0.15, 0.2) is 53.4 Å². The molecule has 1 aromatic rings. The molecule has 1 heterocycles. The molecular weight excluding hydrogens is 329 g/mol. The highest BCUT2D eigenvalue weighted by atomic mass is 19.1. The van der Waals surface area contributed by atoms with Crippen LogP contribution >= 0.6 is 0 Å². The Kier molecular flexibility index (Phi) is 7.01. The number of urea groups is 1. The number of benzene rings is 1. The molecule has 2 rings (SSSR count). The molecule has 1 aliphatic rings. The summed E-state index contributed by atoms with van der Waals surface area (Å²) in [6.45, 7) is 7.51. The summed E-state index contributed by atoms with van der Waals surface area (Å²) in [5.74, 6) is -0.277. The van der Waals surface area contributed by atoms with E-state index in [1.165, 1.54) is 12.1 Å². The largest absolute Gasteiger partial charge is 0.397 e. The molecular formula is C21H28FN3O. The number of carbonyl (C=O) groups excluding carboxylic acids is 1. The third-order valence-electron chi connectivity index (χ3n) is 4.57. The number of carbonyl (C=O) groups is 1. The molecule has 0 spiro atoms. The van der Waals surface area contributed by atoms with Gasteiger partial charge in [-0.3, -0.25) is 0 Å². The van der Waals surface area contributed by atoms with Crippen molar-refractivity contribution in [1.29, 1.82) is 0 Å². The first-order valence-corrected chi connectivity index (χ1v) is 9.07. The Morgan fingerprint density at radius 2 is 1.81 bits per heavy atom. The highest BCUT2D eigenvalue weighted by Crippen LogP contribution is 2.18. The molecule has 0 aliphatic carbocycles. The summed E-state index contributed by atoms with van der Waals surface area (Å²) in [6.07, 6.45) is 6.67. The minimum absolute atomic E-state index is 0.133. The predicted octanol–water partition coefficient (Wildman–Crippen LogP) is 4.56. The Morgan fingerprint density at radius 1 is 1.19 bits per heavy atom. The van der Waals surface area contributed by atoms with Crippen LogP contribution in [0.5, 0.6) is 0 Å². The average Bonchev–Trinajstić information content (AvgIpc) is 3.16. The summed E-state index contributed by atoms with van der Waals surface area (Å²) in [7, 11) is 0. The first-order chi connectivity index (χ1) is 12.4. The summed E-state index contributed by atoms with van der Waals surface area (Å²) < 4.78 is 13.1. The smallest absolute Gasteiger partial charge is 0.321 e. The molecule has 4 nitrogen and oxygen atoms in total. The quantitative estimate of drug-likeness (QED) is 0.759. The Morgan fingerprint density at radius 3 is 2.38 bits per heavy atom. The molecule has 140 valence electrons. The Labute approximate surface area is 155 Å². The van der Waals surface area contributed by atoms with Gasteiger partial charge in [-0.25, -0.2) is 9.18 Å². The topological polar surface area (TPSA) is 58.4 Å². The first kappa shape index (κ1) is 19.8. The molecule has 1 aromatic carbocycles. The third-order valence-corrected chi connectivity index (χ3v) is 4.57. The van der Waals surface area contributed by atoms with E-state index in [2.05, 4.69) is 12.2 Å². The van der Waals surface area contributed by atoms with Crippen LogP contribution < -0.4 is 11.1 Å². The van der Waals surface area contributed by atoms with Crippen molar-refractivity contribution in [2.45, 2.75) is 40.0 Å². The fourth-order valence-corrected chi connectivity index (χ4v) is 2.76. The van der Waals surface area contributed by atoms with E-state index in [1.807, 2.05) is 26.0 Å². The maximum atomic E-state index is 13.1. The van der Waals surface area contributed by atoms with Gasteiger partial charge in [-0.05, 0) is 68.5 Å². The molecule has 0 saturated carbocycles. The summed E-state index contributed by atoms with van der Waals surface area (Å²) in [4.78, 5) is 14.3. The van der Waals surface area contributed by atoms with Crippen molar-refractivity contribution in [3.8, 4) is 0 Å². The van der Waals surface area contributed by atoms with Gasteiger partial charge in [-0.2, -0.15) is 0 Å². The summed E-state index contributed by atoms with van der Waals surface area (Å²) in [5, 5.41) is 2.95. The van der Waals surface area contributed by atoms with Crippen molar-refractivity contribution >= 4 is 11.6 Å². The molecule has 1 saturated heterocycles. The normalized spacial score (nSPS) is 16.5. The van der Waals surface area contributed by atoms with Gasteiger partial charge >= 0.3 is 6.03 Å². The van der Waals surface area contributed by atoms with Gasteiger partial charge in [0, 0.05) is 13.1 Å². The van der Waals surface area contributed by atoms with Crippen LogP contribution in [0, 0.1) is 5.82 Å². The molecule has 5 heteroatoms. The van der Waals surface area contributed by atoms with Gasteiger partial charge in [0.1, 0.15) is 5.82 Å². The van der Waals surface area contributed by atoms with Gasteiger partial charge < -0.3 is 16.0 Å². The van der Waals surface area contributed by atoms with E-state index in [9.17, 15) is 9.18 Å². The number of rotatable bonds is 5. The van der Waals surface area contributed by atoms with E-state index in [-0.39, 0.29) is 11.8 Å². The number of halogens is 1. The fourth-order valence-electron chi connectivity index (χ4n) is 2.76. The van der Waals surface area contributed by atoms with Crippen LogP contribution in [0.25, 0.3) is 5.57 Å². The van der Waals surface area contributed by atoms with Crippen LogP contribution in [0.1, 0.15) is 45.6 Å². The molecule has 0 bridgehead atoms. The Bertz CT molecular complexity index is 726. The van der Waals surface area contributed by atoms with Crippen molar-refractivity contribution in [3.63, 3.8) is 0 Å². The van der Waals surface area contributed by atoms with E-state index >= 15 is 0 Å². The number of nitrogens with one attached hydrogen (secondary N) is 1.